The lowest BCUT2D eigenvalue weighted by Gasteiger charge is -2.40. The number of sulfonamides is 1. The summed E-state index contributed by atoms with van der Waals surface area (Å²) in [6.07, 6.45) is 6.66. The SMILES string of the molecule is CCNC(=NCCNS(C)(=O)=O)NC1CC2(CCCC2)Oc2ccccc21. The fraction of sp³-hybridized carbons (Fsp3) is 0.632. The fourth-order valence-electron chi connectivity index (χ4n) is 3.96. The van der Waals surface area contributed by atoms with Crippen LogP contribution in [0.2, 0.25) is 0 Å². The number of hydrogen-bond acceptors (Lipinski definition) is 4. The number of guanidine groups is 1. The van der Waals surface area contributed by atoms with Crippen molar-refractivity contribution in [2.45, 2.75) is 50.7 Å². The van der Waals surface area contributed by atoms with Gasteiger partial charge in [-0.15, -0.1) is 0 Å². The van der Waals surface area contributed by atoms with E-state index in [-0.39, 0.29) is 18.2 Å². The van der Waals surface area contributed by atoms with Crippen molar-refractivity contribution in [1.29, 1.82) is 0 Å². The van der Waals surface area contributed by atoms with Gasteiger partial charge in [0.15, 0.2) is 5.96 Å². The van der Waals surface area contributed by atoms with Gasteiger partial charge in [0, 0.05) is 25.1 Å². The Morgan fingerprint density at radius 3 is 2.74 bits per heavy atom. The topological polar surface area (TPSA) is 91.8 Å². The van der Waals surface area contributed by atoms with Crippen LogP contribution in [-0.2, 0) is 10.0 Å². The van der Waals surface area contributed by atoms with E-state index >= 15 is 0 Å². The van der Waals surface area contributed by atoms with Crippen LogP contribution in [0.4, 0.5) is 0 Å². The molecule has 0 bridgehead atoms. The number of benzene rings is 1. The van der Waals surface area contributed by atoms with Crippen LogP contribution < -0.4 is 20.1 Å². The van der Waals surface area contributed by atoms with Gasteiger partial charge < -0.3 is 15.4 Å². The Bertz CT molecular complexity index is 773. The molecule has 3 N–H and O–H groups in total. The molecule has 8 heteroatoms. The maximum absolute atomic E-state index is 11.2. The molecule has 1 atom stereocenters. The highest BCUT2D eigenvalue weighted by molar-refractivity contribution is 7.88. The van der Waals surface area contributed by atoms with Crippen molar-refractivity contribution in [1.82, 2.24) is 15.4 Å². The zero-order valence-electron chi connectivity index (χ0n) is 16.1. The van der Waals surface area contributed by atoms with E-state index in [1.54, 1.807) is 0 Å². The summed E-state index contributed by atoms with van der Waals surface area (Å²) in [6.45, 7) is 3.41. The average molecular weight is 395 g/mol. The summed E-state index contributed by atoms with van der Waals surface area (Å²) in [6, 6.07) is 8.31. The second-order valence-electron chi connectivity index (χ2n) is 7.36. The van der Waals surface area contributed by atoms with Crippen LogP contribution in [-0.4, -0.2) is 45.9 Å². The molecule has 0 aromatic heterocycles. The number of fused-ring (bicyclic) bond motifs is 1. The van der Waals surface area contributed by atoms with Crippen LogP contribution >= 0.6 is 0 Å². The Labute approximate surface area is 162 Å². The van der Waals surface area contributed by atoms with Gasteiger partial charge in [0.2, 0.25) is 10.0 Å². The summed E-state index contributed by atoms with van der Waals surface area (Å²) >= 11 is 0. The lowest BCUT2D eigenvalue weighted by molar-refractivity contribution is 0.0396. The first-order valence-electron chi connectivity index (χ1n) is 9.68. The molecule has 0 radical (unpaired) electrons. The smallest absolute Gasteiger partial charge is 0.208 e. The van der Waals surface area contributed by atoms with Crippen LogP contribution in [0, 0.1) is 0 Å². The summed E-state index contributed by atoms with van der Waals surface area (Å²) in [7, 11) is -3.19. The Hall–Kier alpha value is -1.80. The third kappa shape index (κ3) is 5.35. The van der Waals surface area contributed by atoms with Gasteiger partial charge >= 0.3 is 0 Å². The summed E-state index contributed by atoms with van der Waals surface area (Å²) in [5.74, 6) is 1.65. The Kier molecular flexibility index (Phi) is 6.26. The zero-order chi connectivity index (χ0) is 19.3. The predicted molar refractivity (Wildman–Crippen MR) is 108 cm³/mol. The number of ether oxygens (including phenoxy) is 1. The summed E-state index contributed by atoms with van der Waals surface area (Å²) in [5, 5.41) is 6.80. The predicted octanol–water partition coefficient (Wildman–Crippen LogP) is 1.93. The molecule has 27 heavy (non-hydrogen) atoms. The van der Waals surface area contributed by atoms with Crippen molar-refractivity contribution in [3.63, 3.8) is 0 Å². The van der Waals surface area contributed by atoms with Gasteiger partial charge in [0.1, 0.15) is 11.4 Å². The molecule has 1 aliphatic carbocycles. The number of nitrogens with zero attached hydrogens (tertiary/aromatic N) is 1. The minimum absolute atomic E-state index is 0.0822. The van der Waals surface area contributed by atoms with Crippen LogP contribution in [0.15, 0.2) is 29.3 Å². The quantitative estimate of drug-likeness (QED) is 0.390. The molecule has 1 unspecified atom stereocenters. The van der Waals surface area contributed by atoms with Crippen LogP contribution in [0.5, 0.6) is 5.75 Å². The molecule has 7 nitrogen and oxygen atoms in total. The first kappa shape index (κ1) is 19.9. The average Bonchev–Trinajstić information content (AvgIpc) is 3.05. The van der Waals surface area contributed by atoms with Crippen LogP contribution in [0.1, 0.15) is 50.6 Å². The van der Waals surface area contributed by atoms with E-state index in [2.05, 4.69) is 26.4 Å². The minimum Gasteiger partial charge on any atom is -0.487 e. The molecular formula is C19H30N4O3S. The molecule has 1 saturated carbocycles. The minimum atomic E-state index is -3.19. The molecular weight excluding hydrogens is 364 g/mol. The highest BCUT2D eigenvalue weighted by Crippen LogP contribution is 2.46. The number of hydrogen-bond donors (Lipinski definition) is 3. The Morgan fingerprint density at radius 1 is 1.30 bits per heavy atom. The monoisotopic (exact) mass is 394 g/mol. The van der Waals surface area contributed by atoms with E-state index in [0.717, 1.165) is 43.4 Å². The van der Waals surface area contributed by atoms with Gasteiger partial charge in [-0.3, -0.25) is 4.99 Å². The van der Waals surface area contributed by atoms with Gasteiger partial charge in [-0.05, 0) is 38.7 Å². The van der Waals surface area contributed by atoms with E-state index in [1.165, 1.54) is 12.8 Å². The van der Waals surface area contributed by atoms with E-state index in [0.29, 0.717) is 12.5 Å². The van der Waals surface area contributed by atoms with Crippen molar-refractivity contribution in [2.75, 3.05) is 25.9 Å². The standard InChI is InChI=1S/C19H30N4O3S/c1-3-20-18(21-12-13-22-27(2,24)25)23-16-14-19(10-6-7-11-19)26-17-9-5-4-8-15(16)17/h4-5,8-9,16,22H,3,6-7,10-14H2,1-2H3,(H2,20,21,23). The molecule has 1 heterocycles. The van der Waals surface area contributed by atoms with Gasteiger partial charge in [-0.2, -0.15) is 0 Å². The van der Waals surface area contributed by atoms with Crippen molar-refractivity contribution >= 4 is 16.0 Å². The molecule has 3 rings (SSSR count). The molecule has 1 fully saturated rings. The fourth-order valence-corrected chi connectivity index (χ4v) is 4.42. The lowest BCUT2D eigenvalue weighted by atomic mass is 9.86. The highest BCUT2D eigenvalue weighted by atomic mass is 32.2. The second-order valence-corrected chi connectivity index (χ2v) is 9.19. The van der Waals surface area contributed by atoms with E-state index in [9.17, 15) is 8.42 Å². The van der Waals surface area contributed by atoms with E-state index < -0.39 is 10.0 Å². The van der Waals surface area contributed by atoms with Crippen molar-refractivity contribution in [3.8, 4) is 5.75 Å². The molecule has 1 aromatic carbocycles. The zero-order valence-corrected chi connectivity index (χ0v) is 16.9. The molecule has 1 aromatic rings. The lowest BCUT2D eigenvalue weighted by Crippen LogP contribution is -2.46. The van der Waals surface area contributed by atoms with Gasteiger partial charge in [-0.1, -0.05) is 18.2 Å². The maximum atomic E-state index is 11.2. The molecule has 2 aliphatic rings. The van der Waals surface area contributed by atoms with Crippen LogP contribution in [0.3, 0.4) is 0 Å². The molecule has 1 aliphatic heterocycles. The molecule has 150 valence electrons. The largest absolute Gasteiger partial charge is 0.487 e. The van der Waals surface area contributed by atoms with Crippen molar-refractivity contribution in [2.24, 2.45) is 4.99 Å². The maximum Gasteiger partial charge on any atom is 0.208 e. The third-order valence-corrected chi connectivity index (χ3v) is 5.84. The third-order valence-electron chi connectivity index (χ3n) is 5.11. The first-order valence-corrected chi connectivity index (χ1v) is 11.6. The highest BCUT2D eigenvalue weighted by Gasteiger charge is 2.43. The number of rotatable bonds is 6. The first-order chi connectivity index (χ1) is 12.9. The summed E-state index contributed by atoms with van der Waals surface area (Å²) in [4.78, 5) is 4.53. The van der Waals surface area contributed by atoms with Crippen molar-refractivity contribution in [3.05, 3.63) is 29.8 Å². The molecule has 0 amide bonds. The number of para-hydroxylation sites is 1. The van der Waals surface area contributed by atoms with Crippen molar-refractivity contribution < 1.29 is 13.2 Å². The number of nitrogens with one attached hydrogen (secondary N) is 3. The van der Waals surface area contributed by atoms with Crippen LogP contribution in [0.25, 0.3) is 0 Å². The van der Waals surface area contributed by atoms with E-state index in [1.807, 2.05) is 25.1 Å². The van der Waals surface area contributed by atoms with E-state index in [4.69, 9.17) is 4.74 Å². The summed E-state index contributed by atoms with van der Waals surface area (Å²) in [5.41, 5.74) is 1.07. The van der Waals surface area contributed by atoms with Gasteiger partial charge in [-0.25, -0.2) is 13.1 Å². The Balaban J connectivity index is 1.74. The van der Waals surface area contributed by atoms with Gasteiger partial charge in [0.25, 0.3) is 0 Å². The molecule has 0 saturated heterocycles. The molecule has 1 spiro atoms. The second kappa shape index (κ2) is 8.48. The van der Waals surface area contributed by atoms with Gasteiger partial charge in [0.05, 0.1) is 18.8 Å². The number of aliphatic imine (C=N–C) groups is 1. The Morgan fingerprint density at radius 2 is 2.04 bits per heavy atom. The summed E-state index contributed by atoms with van der Waals surface area (Å²) < 4.78 is 31.3. The normalized spacial score (nSPS) is 21.6.